The number of allylic oxidation sites excluding steroid dienone is 8. The lowest BCUT2D eigenvalue weighted by atomic mass is 10.1. The van der Waals surface area contributed by atoms with Gasteiger partial charge in [-0.15, -0.1) is 94.1 Å². The van der Waals surface area contributed by atoms with Gasteiger partial charge in [0.2, 0.25) is 0 Å². The average Bonchev–Trinajstić information content (AvgIpc) is 3.24. The Balaban J connectivity index is 4.07. The third-order valence-electron chi connectivity index (χ3n) is 10.3. The van der Waals surface area contributed by atoms with E-state index in [4.69, 9.17) is 5.48 Å². The zero-order valence-electron chi connectivity index (χ0n) is 42.7. The summed E-state index contributed by atoms with van der Waals surface area (Å²) in [7, 11) is 0. The summed E-state index contributed by atoms with van der Waals surface area (Å²) in [6.45, 7) is 29.0. The molecule has 0 saturated carbocycles. The smallest absolute Gasteiger partial charge is 0.0333 e. The molecule has 57 heavy (non-hydrogen) atoms. The predicted octanol–water partition coefficient (Wildman–Crippen LogP) is 20.6. The van der Waals surface area contributed by atoms with Gasteiger partial charge in [-0.05, 0) is 147 Å². The summed E-state index contributed by atoms with van der Waals surface area (Å²) in [6, 6.07) is 0. The van der Waals surface area contributed by atoms with Crippen molar-refractivity contribution in [2.45, 2.75) is 250 Å². The maximum atomic E-state index is 8.66. The monoisotopic (exact) mass is 943 g/mol. The Kier molecular flexibility index (Phi) is 30.7. The third-order valence-corrected chi connectivity index (χ3v) is 23.4. The Morgan fingerprint density at radius 3 is 1.68 bits per heavy atom. The molecule has 1 aliphatic rings. The Morgan fingerprint density at radius 1 is 0.596 bits per heavy atom. The summed E-state index contributed by atoms with van der Waals surface area (Å²) in [5, 5.41) is 2.77. The maximum absolute atomic E-state index is 8.66. The fraction of sp³-hybridized carbons (Fsp3) is 0.837. The van der Waals surface area contributed by atoms with Crippen LogP contribution in [0.2, 0.25) is 0 Å². The lowest BCUT2D eigenvalue weighted by Crippen LogP contribution is -2.30. The van der Waals surface area contributed by atoms with Crippen LogP contribution in [-0.2, 0) is 0 Å². The summed E-state index contributed by atoms with van der Waals surface area (Å²) < 4.78 is 32.7. The summed E-state index contributed by atoms with van der Waals surface area (Å²) in [5.74, 6) is 2.18. The van der Waals surface area contributed by atoms with Crippen LogP contribution in [0.5, 0.6) is 0 Å². The van der Waals surface area contributed by atoms with Crippen LogP contribution in [0.15, 0.2) is 39.2 Å². The Hall–Kier alpha value is 1.76. The van der Waals surface area contributed by atoms with Gasteiger partial charge in [0, 0.05) is 37.0 Å². The van der Waals surface area contributed by atoms with Crippen molar-refractivity contribution >= 4 is 94.1 Å². The highest BCUT2D eigenvalue weighted by atomic mass is 32.2. The molecule has 1 heterocycles. The van der Waals surface area contributed by atoms with Crippen LogP contribution in [-0.4, -0.2) is 43.0 Å². The molecule has 8 atom stereocenters. The highest BCUT2D eigenvalue weighted by Crippen LogP contribution is 2.52. The van der Waals surface area contributed by atoms with Gasteiger partial charge in [0.1, 0.15) is 0 Å². The number of hydrogen-bond donors (Lipinski definition) is 0. The molecule has 0 aliphatic carbocycles. The minimum Gasteiger partial charge on any atom is -0.130 e. The quantitative estimate of drug-likeness (QED) is 0.0672. The van der Waals surface area contributed by atoms with E-state index in [-0.39, 0.29) is 12.8 Å². The zero-order valence-corrected chi connectivity index (χ0v) is 45.3. The molecule has 0 saturated heterocycles. The van der Waals surface area contributed by atoms with E-state index >= 15 is 0 Å². The van der Waals surface area contributed by atoms with Crippen molar-refractivity contribution < 1.29 is 5.48 Å². The van der Waals surface area contributed by atoms with Gasteiger partial charge in [0.15, 0.2) is 0 Å². The number of unbranched alkanes of at least 4 members (excludes halogenated alkanes) is 2. The Labute approximate surface area is 397 Å². The first-order valence-corrected chi connectivity index (χ1v) is 30.1. The van der Waals surface area contributed by atoms with Crippen molar-refractivity contribution in [3.05, 3.63) is 39.2 Å². The molecule has 0 aromatic carbocycles. The first-order chi connectivity index (χ1) is 29.3. The molecule has 0 aromatic heterocycles. The average molecular weight is 944 g/mol. The highest BCUT2D eigenvalue weighted by Gasteiger charge is 2.34. The van der Waals surface area contributed by atoms with E-state index in [9.17, 15) is 0 Å². The number of rotatable bonds is 29. The minimum absolute atomic E-state index is 0.0259. The SMILES string of the molecule is [3H]CCCC/C(SCC)=C(\CC)SC(CC)C1S/C(CC)=C(/CCC([3H])C)SC(CC(CC)S/C(CC)=C(/CCC([3H])C)SCC)C(C)S/C(CC)=C(/CCCC[3H])SC1C. The number of thioether (sulfide) groups is 8. The van der Waals surface area contributed by atoms with Crippen molar-refractivity contribution in [3.63, 3.8) is 0 Å². The van der Waals surface area contributed by atoms with E-state index in [1.165, 1.54) is 11.3 Å². The summed E-state index contributed by atoms with van der Waals surface area (Å²) in [4.78, 5) is 12.5. The van der Waals surface area contributed by atoms with Crippen molar-refractivity contribution in [1.29, 1.82) is 0 Å². The van der Waals surface area contributed by atoms with E-state index in [1.807, 2.05) is 30.4 Å². The van der Waals surface area contributed by atoms with Gasteiger partial charge in [-0.1, -0.05) is 123 Å². The molecule has 1 rings (SSSR count). The second kappa shape index (κ2) is 35.2. The highest BCUT2D eigenvalue weighted by molar-refractivity contribution is 8.12. The Morgan fingerprint density at radius 2 is 1.14 bits per heavy atom. The van der Waals surface area contributed by atoms with Crippen LogP contribution in [0.3, 0.4) is 0 Å². The van der Waals surface area contributed by atoms with E-state index < -0.39 is 0 Å². The first kappa shape index (κ1) is 49.8. The Bertz CT molecular complexity index is 1300. The fourth-order valence-electron chi connectivity index (χ4n) is 7.04. The molecular weight excluding hydrogens is 845 g/mol. The zero-order chi connectivity index (χ0) is 45.7. The third kappa shape index (κ3) is 21.3. The molecule has 0 radical (unpaired) electrons. The van der Waals surface area contributed by atoms with E-state index in [2.05, 4.69) is 147 Å². The first-order valence-electron chi connectivity index (χ1n) is 25.4. The second-order valence-corrected chi connectivity index (χ2v) is 25.8. The molecule has 0 aromatic rings. The van der Waals surface area contributed by atoms with Crippen LogP contribution >= 0.6 is 94.1 Å². The second-order valence-electron chi connectivity index (χ2n) is 14.8. The summed E-state index contributed by atoms with van der Waals surface area (Å²) in [5.41, 5.74) is 0. The standard InChI is InChI=1S/C49H90S8/c1-15-27-31-44(50-25-11)39(20-6)54-38(19-5)35-48-36(13)52-41(22-8)46(33-29-17-3)53-37(14)49(57-42(23-9)47(56-48)34-30-18-4)43(24-10)55-40(21-7)45(51-26-12)32-28-16-2/h36-38,43,48-49H,15-35H2,1-14H3/b44-39-,45-40-,46-41-,47-42-/i2T,3T,15T,18T. The molecule has 0 amide bonds. The maximum Gasteiger partial charge on any atom is 0.0333 e. The summed E-state index contributed by atoms with van der Waals surface area (Å²) >= 11 is 17.2. The molecule has 0 bridgehead atoms. The van der Waals surface area contributed by atoms with E-state index in [1.54, 1.807) is 34.3 Å². The van der Waals surface area contributed by atoms with Gasteiger partial charge in [-0.3, -0.25) is 0 Å². The van der Waals surface area contributed by atoms with E-state index in [0.717, 1.165) is 114 Å². The minimum atomic E-state index is -0.0770. The lowest BCUT2D eigenvalue weighted by molar-refractivity contribution is 0.693. The molecule has 0 spiro atoms. The number of hydrogen-bond acceptors (Lipinski definition) is 8. The van der Waals surface area contributed by atoms with Crippen molar-refractivity contribution in [3.8, 4) is 0 Å². The van der Waals surface area contributed by atoms with Gasteiger partial charge >= 0.3 is 0 Å². The molecule has 0 N–H and O–H groups in total. The molecule has 0 nitrogen and oxygen atoms in total. The molecular formula is C49H90S8. The molecule has 0 fully saturated rings. The van der Waals surface area contributed by atoms with E-state index in [0.29, 0.717) is 45.3 Å². The molecule has 8 unspecified atom stereocenters. The molecule has 334 valence electrons. The fourth-order valence-corrected chi connectivity index (χ4v) is 19.0. The van der Waals surface area contributed by atoms with Crippen LogP contribution in [0.1, 0.15) is 224 Å². The topological polar surface area (TPSA) is 0 Å². The van der Waals surface area contributed by atoms with Gasteiger partial charge in [0.25, 0.3) is 0 Å². The van der Waals surface area contributed by atoms with Crippen LogP contribution < -0.4 is 0 Å². The normalized spacial score (nSPS) is 26.8. The van der Waals surface area contributed by atoms with Gasteiger partial charge in [-0.25, -0.2) is 0 Å². The van der Waals surface area contributed by atoms with Crippen molar-refractivity contribution in [1.82, 2.24) is 0 Å². The molecule has 1 aliphatic heterocycles. The predicted molar refractivity (Wildman–Crippen MR) is 288 cm³/mol. The summed E-state index contributed by atoms with van der Waals surface area (Å²) in [6.07, 6.45) is 17.8. The molecule has 8 heteroatoms. The lowest BCUT2D eigenvalue weighted by Gasteiger charge is -2.35. The van der Waals surface area contributed by atoms with Gasteiger partial charge < -0.3 is 0 Å². The van der Waals surface area contributed by atoms with Crippen molar-refractivity contribution in [2.24, 2.45) is 0 Å². The van der Waals surface area contributed by atoms with Gasteiger partial charge in [-0.2, -0.15) is 0 Å². The van der Waals surface area contributed by atoms with Gasteiger partial charge in [0.05, 0.1) is 0 Å². The van der Waals surface area contributed by atoms with Crippen LogP contribution in [0.25, 0.3) is 0 Å². The van der Waals surface area contributed by atoms with Crippen LogP contribution in [0.4, 0.5) is 0 Å². The van der Waals surface area contributed by atoms with Crippen LogP contribution in [0, 0.1) is 0 Å². The van der Waals surface area contributed by atoms with Crippen molar-refractivity contribution in [2.75, 3.05) is 11.5 Å². The largest absolute Gasteiger partial charge is 0.130 e.